The minimum absolute atomic E-state index is 0.0800. The third-order valence-electron chi connectivity index (χ3n) is 7.63. The Kier molecular flexibility index (Phi) is 8.42. The molecule has 2 fully saturated rings. The van der Waals surface area contributed by atoms with E-state index in [1.54, 1.807) is 0 Å². The van der Waals surface area contributed by atoms with Crippen LogP contribution in [-0.4, -0.2) is 58.9 Å². The fourth-order valence-corrected chi connectivity index (χ4v) is 5.13. The summed E-state index contributed by atoms with van der Waals surface area (Å²) in [5, 5.41) is 12.9. The van der Waals surface area contributed by atoms with Crippen molar-refractivity contribution in [3.05, 3.63) is 41.1 Å². The molecule has 38 heavy (non-hydrogen) atoms. The van der Waals surface area contributed by atoms with Gasteiger partial charge < -0.3 is 21.3 Å². The monoisotopic (exact) mass is 519 g/mol. The highest BCUT2D eigenvalue weighted by Crippen LogP contribution is 2.42. The molecule has 5 rings (SSSR count). The number of benzene rings is 1. The van der Waals surface area contributed by atoms with Crippen LogP contribution in [0.25, 0.3) is 0 Å². The van der Waals surface area contributed by atoms with E-state index in [2.05, 4.69) is 49.4 Å². The Bertz CT molecular complexity index is 1140. The Hall–Kier alpha value is -3.20. The van der Waals surface area contributed by atoms with E-state index in [1.807, 2.05) is 20.0 Å². The van der Waals surface area contributed by atoms with Gasteiger partial charge in [0.2, 0.25) is 17.8 Å². The molecule has 1 aromatic heterocycles. The van der Waals surface area contributed by atoms with Crippen molar-refractivity contribution >= 4 is 29.3 Å². The third kappa shape index (κ3) is 7.01. The number of hydrogen-bond donors (Lipinski definition) is 4. The van der Waals surface area contributed by atoms with Gasteiger partial charge in [0.25, 0.3) is 0 Å². The predicted octanol–water partition coefficient (Wildman–Crippen LogP) is 3.70. The average Bonchev–Trinajstić information content (AvgIpc) is 3.68. The molecule has 2 aromatic rings. The van der Waals surface area contributed by atoms with Crippen molar-refractivity contribution < 1.29 is 9.59 Å². The van der Waals surface area contributed by atoms with Crippen LogP contribution in [0.2, 0.25) is 0 Å². The lowest BCUT2D eigenvalue weighted by Gasteiger charge is -2.28. The summed E-state index contributed by atoms with van der Waals surface area (Å²) in [6.45, 7) is 7.49. The van der Waals surface area contributed by atoms with Crippen LogP contribution in [0, 0.1) is 5.92 Å². The van der Waals surface area contributed by atoms with Gasteiger partial charge >= 0.3 is 0 Å². The lowest BCUT2D eigenvalue weighted by atomic mass is 9.85. The highest BCUT2D eigenvalue weighted by molar-refractivity contribution is 5.79. The van der Waals surface area contributed by atoms with Crippen molar-refractivity contribution in [1.82, 2.24) is 25.5 Å². The fourth-order valence-electron chi connectivity index (χ4n) is 5.13. The number of anilines is 3. The zero-order valence-corrected chi connectivity index (χ0v) is 22.7. The molecule has 4 N–H and O–H groups in total. The Morgan fingerprint density at radius 2 is 1.95 bits per heavy atom. The minimum atomic E-state index is 0.0800. The molecule has 2 amide bonds. The van der Waals surface area contributed by atoms with Gasteiger partial charge in [-0.05, 0) is 81.5 Å². The Balaban J connectivity index is 1.15. The predicted molar refractivity (Wildman–Crippen MR) is 149 cm³/mol. The van der Waals surface area contributed by atoms with E-state index in [9.17, 15) is 9.59 Å². The number of rotatable bonds is 12. The van der Waals surface area contributed by atoms with E-state index in [1.165, 1.54) is 36.0 Å². The summed E-state index contributed by atoms with van der Waals surface area (Å²) in [5.74, 6) is 2.54. The second-order valence-electron chi connectivity index (χ2n) is 11.3. The average molecular weight is 520 g/mol. The molecule has 0 radical (unpaired) electrons. The second kappa shape index (κ2) is 12.1. The van der Waals surface area contributed by atoms with Gasteiger partial charge in [-0.15, -0.1) is 0 Å². The number of fused-ring (bicyclic) bond motifs is 1. The molecule has 0 bridgehead atoms. The van der Waals surface area contributed by atoms with Crippen LogP contribution in [0.3, 0.4) is 0 Å². The maximum absolute atomic E-state index is 12.2. The van der Waals surface area contributed by atoms with Crippen LogP contribution < -0.4 is 21.3 Å². The maximum atomic E-state index is 12.2. The molecule has 9 heteroatoms. The van der Waals surface area contributed by atoms with Gasteiger partial charge in [0.15, 0.2) is 0 Å². The number of carbonyl (C=O) groups is 2. The highest BCUT2D eigenvalue weighted by Gasteiger charge is 2.28. The summed E-state index contributed by atoms with van der Waals surface area (Å²) in [5.41, 5.74) is 4.71. The zero-order valence-electron chi connectivity index (χ0n) is 22.7. The van der Waals surface area contributed by atoms with Gasteiger partial charge in [-0.2, -0.15) is 4.98 Å². The number of aromatic nitrogens is 2. The third-order valence-corrected chi connectivity index (χ3v) is 7.63. The first-order chi connectivity index (χ1) is 18.4. The maximum Gasteiger partial charge on any atom is 0.234 e. The number of nitrogens with zero attached hydrogens (tertiary/aromatic N) is 3. The molecule has 0 saturated heterocycles. The Morgan fingerprint density at radius 1 is 1.11 bits per heavy atom. The van der Waals surface area contributed by atoms with Gasteiger partial charge in [0.1, 0.15) is 5.82 Å². The molecule has 2 heterocycles. The number of hydrogen-bond acceptors (Lipinski definition) is 7. The topological polar surface area (TPSA) is 111 Å². The molecule has 0 spiro atoms. The van der Waals surface area contributed by atoms with E-state index in [0.29, 0.717) is 25.0 Å². The zero-order chi connectivity index (χ0) is 26.5. The first-order valence-corrected chi connectivity index (χ1v) is 14.2. The first-order valence-electron chi connectivity index (χ1n) is 14.2. The van der Waals surface area contributed by atoms with Crippen LogP contribution in [0.1, 0.15) is 75.0 Å². The van der Waals surface area contributed by atoms with Crippen LogP contribution in [0.15, 0.2) is 24.4 Å². The molecule has 0 unspecified atom stereocenters. The van der Waals surface area contributed by atoms with Crippen LogP contribution in [0.4, 0.5) is 17.5 Å². The van der Waals surface area contributed by atoms with E-state index in [0.717, 1.165) is 56.8 Å². The smallest absolute Gasteiger partial charge is 0.234 e. The summed E-state index contributed by atoms with van der Waals surface area (Å²) in [6, 6.07) is 6.54. The number of nitrogens with one attached hydrogen (secondary N) is 4. The van der Waals surface area contributed by atoms with Gasteiger partial charge in [-0.3, -0.25) is 14.5 Å². The SMILES string of the molecule is CC(C)NC(=O)CN1CCc2cc(Nc3ncc(C4CC4)c(NCCCNC(=O)C4CCC4)n3)ccc2C1. The van der Waals surface area contributed by atoms with Crippen molar-refractivity contribution in [2.75, 3.05) is 36.8 Å². The van der Waals surface area contributed by atoms with Crippen LogP contribution in [0.5, 0.6) is 0 Å². The van der Waals surface area contributed by atoms with Crippen LogP contribution >= 0.6 is 0 Å². The Morgan fingerprint density at radius 3 is 2.68 bits per heavy atom. The molecular weight excluding hydrogens is 478 g/mol. The Labute approximate surface area is 225 Å². The molecule has 9 nitrogen and oxygen atoms in total. The summed E-state index contributed by atoms with van der Waals surface area (Å²) < 4.78 is 0. The lowest BCUT2D eigenvalue weighted by Crippen LogP contribution is -2.42. The summed E-state index contributed by atoms with van der Waals surface area (Å²) >= 11 is 0. The van der Waals surface area contributed by atoms with Crippen molar-refractivity contribution in [3.8, 4) is 0 Å². The van der Waals surface area contributed by atoms with Crippen molar-refractivity contribution in [3.63, 3.8) is 0 Å². The van der Waals surface area contributed by atoms with E-state index < -0.39 is 0 Å². The second-order valence-corrected chi connectivity index (χ2v) is 11.3. The fraction of sp³-hybridized carbons (Fsp3) is 0.586. The summed E-state index contributed by atoms with van der Waals surface area (Å²) in [7, 11) is 0. The van der Waals surface area contributed by atoms with Gasteiger partial charge in [-0.1, -0.05) is 12.5 Å². The van der Waals surface area contributed by atoms with Gasteiger partial charge in [0.05, 0.1) is 6.54 Å². The largest absolute Gasteiger partial charge is 0.370 e. The summed E-state index contributed by atoms with van der Waals surface area (Å²) in [6.07, 6.45) is 9.33. The van der Waals surface area contributed by atoms with Crippen molar-refractivity contribution in [1.29, 1.82) is 0 Å². The molecule has 3 aliphatic rings. The quantitative estimate of drug-likeness (QED) is 0.317. The molecule has 0 atom stereocenters. The van der Waals surface area contributed by atoms with Crippen molar-refractivity contribution in [2.45, 2.75) is 77.3 Å². The van der Waals surface area contributed by atoms with E-state index in [-0.39, 0.29) is 23.8 Å². The number of amides is 2. The van der Waals surface area contributed by atoms with Crippen molar-refractivity contribution in [2.24, 2.45) is 5.92 Å². The van der Waals surface area contributed by atoms with E-state index >= 15 is 0 Å². The number of carbonyl (C=O) groups excluding carboxylic acids is 2. The molecule has 1 aliphatic heterocycles. The molecule has 1 aromatic carbocycles. The molecular formula is C29H41N7O2. The normalized spacial score (nSPS) is 17.4. The molecule has 204 valence electrons. The standard InChI is InChI=1S/C29H41N7O2/c1-19(2)33-26(37)18-36-14-11-22-15-24(10-9-23(22)17-36)34-29-32-16-25(20-7-8-20)27(35-29)30-12-4-13-31-28(38)21-5-3-6-21/h9-10,15-16,19-21H,3-8,11-14,17-18H2,1-2H3,(H,31,38)(H,33,37)(H2,30,32,34,35). The molecule has 2 saturated carbocycles. The first kappa shape index (κ1) is 26.4. The lowest BCUT2D eigenvalue weighted by molar-refractivity contribution is -0.127. The van der Waals surface area contributed by atoms with Gasteiger partial charge in [-0.25, -0.2) is 4.98 Å². The molecule has 2 aliphatic carbocycles. The van der Waals surface area contributed by atoms with E-state index in [4.69, 9.17) is 4.98 Å². The van der Waals surface area contributed by atoms with Gasteiger partial charge in [0, 0.05) is 55.6 Å². The minimum Gasteiger partial charge on any atom is -0.370 e. The summed E-state index contributed by atoms with van der Waals surface area (Å²) in [4.78, 5) is 35.8. The van der Waals surface area contributed by atoms with Crippen LogP contribution in [-0.2, 0) is 22.6 Å². The highest BCUT2D eigenvalue weighted by atomic mass is 16.2.